The molecule has 6 nitrogen and oxygen atoms in total. The molecule has 2 aliphatic heterocycles. The van der Waals surface area contributed by atoms with E-state index in [1.807, 2.05) is 43.0 Å². The molecule has 34 heavy (non-hydrogen) atoms. The largest absolute Gasteiger partial charge is 0.497 e. The summed E-state index contributed by atoms with van der Waals surface area (Å²) in [5.41, 5.74) is 4.31. The van der Waals surface area contributed by atoms with Crippen molar-refractivity contribution in [3.05, 3.63) is 64.7 Å². The smallest absolute Gasteiger partial charge is 0.327 e. The van der Waals surface area contributed by atoms with E-state index in [4.69, 9.17) is 4.74 Å². The van der Waals surface area contributed by atoms with Gasteiger partial charge in [-0.05, 0) is 75.8 Å². The highest BCUT2D eigenvalue weighted by molar-refractivity contribution is 6.07. The van der Waals surface area contributed by atoms with Gasteiger partial charge in [-0.1, -0.05) is 35.9 Å². The lowest BCUT2D eigenvalue weighted by atomic mass is 9.85. The number of imide groups is 1. The molecule has 6 heteroatoms. The number of benzene rings is 2. The molecule has 2 saturated heterocycles. The van der Waals surface area contributed by atoms with E-state index in [-0.39, 0.29) is 18.0 Å². The third kappa shape index (κ3) is 4.56. The molecule has 182 valence electrons. The quantitative estimate of drug-likeness (QED) is 0.565. The van der Waals surface area contributed by atoms with Crippen LogP contribution in [0.2, 0.25) is 0 Å². The SMILES string of the molecule is COc1ccc(CCN2C(=O)N(C(C)C)C(=O)C23CCN(Cc2ccc(C)cc2C)CC3)cc1. The van der Waals surface area contributed by atoms with Crippen LogP contribution in [-0.4, -0.2) is 65.0 Å². The Bertz CT molecular complexity index is 1040. The van der Waals surface area contributed by atoms with E-state index in [1.54, 1.807) is 7.11 Å². The molecule has 2 aromatic rings. The molecule has 0 N–H and O–H groups in total. The van der Waals surface area contributed by atoms with Crippen LogP contribution >= 0.6 is 0 Å². The van der Waals surface area contributed by atoms with E-state index in [0.29, 0.717) is 25.8 Å². The van der Waals surface area contributed by atoms with E-state index in [2.05, 4.69) is 36.9 Å². The molecular formula is C28H37N3O3. The van der Waals surface area contributed by atoms with Crippen molar-refractivity contribution in [2.75, 3.05) is 26.7 Å². The highest BCUT2D eigenvalue weighted by Gasteiger charge is 2.58. The zero-order valence-corrected chi connectivity index (χ0v) is 21.1. The van der Waals surface area contributed by atoms with Gasteiger partial charge in [-0.3, -0.25) is 14.6 Å². The number of likely N-dealkylation sites (tertiary alicyclic amines) is 1. The van der Waals surface area contributed by atoms with Crippen LogP contribution in [0.5, 0.6) is 5.75 Å². The van der Waals surface area contributed by atoms with Crippen LogP contribution < -0.4 is 4.74 Å². The van der Waals surface area contributed by atoms with Crippen molar-refractivity contribution in [1.29, 1.82) is 0 Å². The number of aryl methyl sites for hydroxylation is 2. The third-order valence-corrected chi connectivity index (χ3v) is 7.45. The molecule has 0 aliphatic carbocycles. The second kappa shape index (κ2) is 9.79. The zero-order chi connectivity index (χ0) is 24.5. The molecule has 2 aliphatic rings. The van der Waals surface area contributed by atoms with Crippen LogP contribution in [0.1, 0.15) is 48.9 Å². The van der Waals surface area contributed by atoms with Crippen LogP contribution in [0.15, 0.2) is 42.5 Å². The van der Waals surface area contributed by atoms with Gasteiger partial charge in [0.1, 0.15) is 11.3 Å². The van der Waals surface area contributed by atoms with Crippen LogP contribution in [0.25, 0.3) is 0 Å². The Morgan fingerprint density at radius 1 is 1.00 bits per heavy atom. The molecule has 3 amide bonds. The first kappa shape index (κ1) is 24.3. The van der Waals surface area contributed by atoms with Gasteiger partial charge in [0.05, 0.1) is 7.11 Å². The maximum atomic E-state index is 13.6. The number of nitrogens with zero attached hydrogens (tertiary/aromatic N) is 3. The standard InChI is InChI=1S/C28H37N3O3/c1-20(2)31-26(32)28(30(27(31)33)15-12-23-7-10-25(34-5)11-8-23)13-16-29(17-14-28)19-24-9-6-21(3)18-22(24)4/h6-11,18,20H,12-17,19H2,1-5H3. The Labute approximate surface area is 203 Å². The summed E-state index contributed by atoms with van der Waals surface area (Å²) in [7, 11) is 1.65. The van der Waals surface area contributed by atoms with E-state index in [1.165, 1.54) is 21.6 Å². The lowest BCUT2D eigenvalue weighted by molar-refractivity contribution is -0.136. The van der Waals surface area contributed by atoms with Gasteiger partial charge >= 0.3 is 6.03 Å². The van der Waals surface area contributed by atoms with Crippen molar-refractivity contribution in [3.63, 3.8) is 0 Å². The first-order valence-electron chi connectivity index (χ1n) is 12.3. The van der Waals surface area contributed by atoms with Gasteiger partial charge in [0.2, 0.25) is 0 Å². The number of carbonyl (C=O) groups is 2. The Morgan fingerprint density at radius 2 is 1.68 bits per heavy atom. The summed E-state index contributed by atoms with van der Waals surface area (Å²) < 4.78 is 5.25. The maximum Gasteiger partial charge on any atom is 0.327 e. The summed E-state index contributed by atoms with van der Waals surface area (Å²) in [6.07, 6.45) is 2.06. The predicted molar refractivity (Wildman–Crippen MR) is 134 cm³/mol. The number of methoxy groups -OCH3 is 1. The van der Waals surface area contributed by atoms with E-state index >= 15 is 0 Å². The van der Waals surface area contributed by atoms with E-state index in [9.17, 15) is 9.59 Å². The van der Waals surface area contributed by atoms with Gasteiger partial charge in [-0.2, -0.15) is 0 Å². The van der Waals surface area contributed by atoms with Crippen molar-refractivity contribution in [2.24, 2.45) is 0 Å². The van der Waals surface area contributed by atoms with Gasteiger partial charge in [0, 0.05) is 32.2 Å². The lowest BCUT2D eigenvalue weighted by Gasteiger charge is -2.42. The second-order valence-corrected chi connectivity index (χ2v) is 10.0. The van der Waals surface area contributed by atoms with Crippen LogP contribution in [0, 0.1) is 13.8 Å². The van der Waals surface area contributed by atoms with Crippen LogP contribution in [0.4, 0.5) is 4.79 Å². The van der Waals surface area contributed by atoms with Gasteiger partial charge in [0.15, 0.2) is 0 Å². The molecule has 0 radical (unpaired) electrons. The molecule has 2 aromatic carbocycles. The Morgan fingerprint density at radius 3 is 2.26 bits per heavy atom. The highest BCUT2D eigenvalue weighted by Crippen LogP contribution is 2.38. The normalized spacial score (nSPS) is 18.4. The van der Waals surface area contributed by atoms with Gasteiger partial charge < -0.3 is 9.64 Å². The number of piperidine rings is 1. The van der Waals surface area contributed by atoms with Gasteiger partial charge in [-0.25, -0.2) is 4.79 Å². The minimum atomic E-state index is -0.730. The van der Waals surface area contributed by atoms with Gasteiger partial charge in [0.25, 0.3) is 5.91 Å². The van der Waals surface area contributed by atoms with Gasteiger partial charge in [-0.15, -0.1) is 0 Å². The summed E-state index contributed by atoms with van der Waals surface area (Å²) in [6.45, 7) is 11.1. The molecule has 4 rings (SSSR count). The van der Waals surface area contributed by atoms with Crippen molar-refractivity contribution in [2.45, 2.75) is 65.1 Å². The molecular weight excluding hydrogens is 426 g/mol. The molecule has 0 aromatic heterocycles. The fourth-order valence-electron chi connectivity index (χ4n) is 5.37. The minimum absolute atomic E-state index is 0.0200. The average Bonchev–Trinajstić information content (AvgIpc) is 3.01. The summed E-state index contributed by atoms with van der Waals surface area (Å²) in [4.78, 5) is 32.8. The molecule has 1 spiro atoms. The number of ether oxygens (including phenoxy) is 1. The Hall–Kier alpha value is -2.86. The molecule has 0 atom stereocenters. The average molecular weight is 464 g/mol. The summed E-state index contributed by atoms with van der Waals surface area (Å²) >= 11 is 0. The van der Waals surface area contributed by atoms with E-state index < -0.39 is 5.54 Å². The molecule has 2 fully saturated rings. The number of rotatable bonds is 7. The number of hydrogen-bond donors (Lipinski definition) is 0. The summed E-state index contributed by atoms with van der Waals surface area (Å²) in [5, 5.41) is 0. The predicted octanol–water partition coefficient (Wildman–Crippen LogP) is 4.56. The second-order valence-electron chi connectivity index (χ2n) is 10.0. The lowest BCUT2D eigenvalue weighted by Crippen LogP contribution is -2.57. The first-order valence-corrected chi connectivity index (χ1v) is 12.3. The molecule has 0 saturated carbocycles. The van der Waals surface area contributed by atoms with Crippen molar-refractivity contribution in [1.82, 2.24) is 14.7 Å². The maximum absolute atomic E-state index is 13.6. The Balaban J connectivity index is 1.49. The van der Waals surface area contributed by atoms with Crippen LogP contribution in [-0.2, 0) is 17.8 Å². The fraction of sp³-hybridized carbons (Fsp3) is 0.500. The number of amides is 3. The topological polar surface area (TPSA) is 53.1 Å². The monoisotopic (exact) mass is 463 g/mol. The molecule has 0 bridgehead atoms. The van der Waals surface area contributed by atoms with Crippen molar-refractivity contribution in [3.8, 4) is 5.75 Å². The summed E-state index contributed by atoms with van der Waals surface area (Å²) in [5.74, 6) is 0.795. The summed E-state index contributed by atoms with van der Waals surface area (Å²) in [6, 6.07) is 14.2. The first-order chi connectivity index (χ1) is 16.2. The van der Waals surface area contributed by atoms with E-state index in [0.717, 1.165) is 30.9 Å². The van der Waals surface area contributed by atoms with Crippen molar-refractivity contribution < 1.29 is 14.3 Å². The molecule has 2 heterocycles. The zero-order valence-electron chi connectivity index (χ0n) is 21.1. The van der Waals surface area contributed by atoms with Crippen molar-refractivity contribution >= 4 is 11.9 Å². The fourth-order valence-corrected chi connectivity index (χ4v) is 5.37. The number of carbonyl (C=O) groups excluding carboxylic acids is 2. The van der Waals surface area contributed by atoms with Crippen LogP contribution in [0.3, 0.4) is 0 Å². The number of hydrogen-bond acceptors (Lipinski definition) is 4. The highest BCUT2D eigenvalue weighted by atomic mass is 16.5. The Kier molecular flexibility index (Phi) is 6.99. The minimum Gasteiger partial charge on any atom is -0.497 e. The number of urea groups is 1. The third-order valence-electron chi connectivity index (χ3n) is 7.45. The molecule has 0 unspecified atom stereocenters.